The highest BCUT2D eigenvalue weighted by molar-refractivity contribution is 6.23. The van der Waals surface area contributed by atoms with E-state index < -0.39 is 0 Å². The molecule has 2 heterocycles. The summed E-state index contributed by atoms with van der Waals surface area (Å²) >= 11 is 0. The number of rotatable bonds is 6. The number of hydrogen-bond acceptors (Lipinski definition) is 2. The first-order valence-electron chi connectivity index (χ1n) is 20.8. The van der Waals surface area contributed by atoms with Crippen LogP contribution in [0.3, 0.4) is 0 Å². The van der Waals surface area contributed by atoms with Crippen molar-refractivity contribution in [3.63, 3.8) is 0 Å². The van der Waals surface area contributed by atoms with E-state index in [1.807, 2.05) is 6.20 Å². The molecular weight excluding hydrogens is 739 g/mol. The largest absolute Gasteiger partial charge is 0.309 e. The summed E-state index contributed by atoms with van der Waals surface area (Å²) in [6, 6.07) is 78.5. The molecule has 0 bridgehead atoms. The lowest BCUT2D eigenvalue weighted by Gasteiger charge is -2.11. The van der Waals surface area contributed by atoms with E-state index in [9.17, 15) is 0 Å². The summed E-state index contributed by atoms with van der Waals surface area (Å²) in [4.78, 5) is 10.2. The van der Waals surface area contributed by atoms with Crippen molar-refractivity contribution in [2.45, 2.75) is 0 Å². The van der Waals surface area contributed by atoms with Crippen LogP contribution in [0.4, 0.5) is 0 Å². The SMILES string of the molecule is c1ccc(-c2ccc3c(c2)c2cc(-c4ccccc4)ccc2n3-c2ccc(-c3ccc(-c4cccc(-c5cnc6c7ccccc7c7ccccc7c6n5)c4)cc3)cc2)cc1. The van der Waals surface area contributed by atoms with Crippen LogP contribution in [0.15, 0.2) is 225 Å². The predicted octanol–water partition coefficient (Wildman–Crippen LogP) is 15.4. The maximum Gasteiger partial charge on any atom is 0.0979 e. The molecule has 3 nitrogen and oxygen atoms in total. The molecule has 12 rings (SSSR count). The Morgan fingerprint density at radius 3 is 1.26 bits per heavy atom. The molecule has 0 aliphatic heterocycles. The van der Waals surface area contributed by atoms with Crippen molar-refractivity contribution in [3.8, 4) is 61.5 Å². The van der Waals surface area contributed by atoms with Crippen LogP contribution in [0.5, 0.6) is 0 Å². The number of hydrogen-bond donors (Lipinski definition) is 0. The first-order chi connectivity index (χ1) is 30.2. The van der Waals surface area contributed by atoms with E-state index in [-0.39, 0.29) is 0 Å². The van der Waals surface area contributed by atoms with Gasteiger partial charge in [0.1, 0.15) is 0 Å². The summed E-state index contributed by atoms with van der Waals surface area (Å²) in [5.41, 5.74) is 16.8. The lowest BCUT2D eigenvalue weighted by atomic mass is 9.98. The van der Waals surface area contributed by atoms with Gasteiger partial charge in [-0.1, -0.05) is 176 Å². The molecule has 0 saturated carbocycles. The average Bonchev–Trinajstić information content (AvgIpc) is 3.67. The van der Waals surface area contributed by atoms with Gasteiger partial charge in [-0.15, -0.1) is 0 Å². The van der Waals surface area contributed by atoms with Gasteiger partial charge in [0.25, 0.3) is 0 Å². The molecule has 0 amide bonds. The quantitative estimate of drug-likeness (QED) is 0.158. The van der Waals surface area contributed by atoms with Crippen molar-refractivity contribution in [1.29, 1.82) is 0 Å². The van der Waals surface area contributed by atoms with Crippen LogP contribution in [0.25, 0.3) is 116 Å². The van der Waals surface area contributed by atoms with Crippen LogP contribution < -0.4 is 0 Å². The third-order valence-electron chi connectivity index (χ3n) is 12.2. The topological polar surface area (TPSA) is 30.7 Å². The van der Waals surface area contributed by atoms with Gasteiger partial charge in [-0.3, -0.25) is 4.98 Å². The molecule has 2 aromatic heterocycles. The summed E-state index contributed by atoms with van der Waals surface area (Å²) in [6.07, 6.45) is 1.92. The Hall–Kier alpha value is -8.14. The maximum absolute atomic E-state index is 5.24. The van der Waals surface area contributed by atoms with Crippen LogP contribution >= 0.6 is 0 Å². The van der Waals surface area contributed by atoms with E-state index in [1.165, 1.54) is 66.0 Å². The van der Waals surface area contributed by atoms with E-state index in [0.717, 1.165) is 49.9 Å². The normalized spacial score (nSPS) is 11.6. The van der Waals surface area contributed by atoms with E-state index in [1.54, 1.807) is 0 Å². The highest BCUT2D eigenvalue weighted by Crippen LogP contribution is 2.39. The molecule has 0 spiro atoms. The Bertz CT molecular complexity index is 3470. The minimum absolute atomic E-state index is 0.864. The van der Waals surface area contributed by atoms with Crippen molar-refractivity contribution in [2.24, 2.45) is 0 Å². The predicted molar refractivity (Wildman–Crippen MR) is 256 cm³/mol. The molecule has 3 heteroatoms. The molecule has 61 heavy (non-hydrogen) atoms. The molecule has 0 N–H and O–H groups in total. The fraction of sp³-hybridized carbons (Fsp3) is 0. The van der Waals surface area contributed by atoms with Gasteiger partial charge in [0, 0.05) is 32.8 Å². The number of fused-ring (bicyclic) bond motifs is 9. The van der Waals surface area contributed by atoms with Gasteiger partial charge in [0.2, 0.25) is 0 Å². The molecule has 0 aliphatic rings. The lowest BCUT2D eigenvalue weighted by molar-refractivity contribution is 1.18. The van der Waals surface area contributed by atoms with Crippen LogP contribution in [0, 0.1) is 0 Å². The highest BCUT2D eigenvalue weighted by atomic mass is 15.0. The van der Waals surface area contributed by atoms with Crippen LogP contribution in [0.2, 0.25) is 0 Å². The van der Waals surface area contributed by atoms with Crippen molar-refractivity contribution in [2.75, 3.05) is 0 Å². The van der Waals surface area contributed by atoms with Crippen molar-refractivity contribution >= 4 is 54.4 Å². The Morgan fingerprint density at radius 1 is 0.279 bits per heavy atom. The monoisotopic (exact) mass is 775 g/mol. The molecule has 0 saturated heterocycles. The minimum atomic E-state index is 0.864. The van der Waals surface area contributed by atoms with Gasteiger partial charge in [-0.25, -0.2) is 4.98 Å². The van der Waals surface area contributed by atoms with Gasteiger partial charge < -0.3 is 4.57 Å². The number of benzene rings is 10. The summed E-state index contributed by atoms with van der Waals surface area (Å²) in [6.45, 7) is 0. The van der Waals surface area contributed by atoms with Crippen LogP contribution in [0.1, 0.15) is 0 Å². The van der Waals surface area contributed by atoms with Crippen molar-refractivity contribution in [3.05, 3.63) is 225 Å². The molecule has 12 aromatic rings. The van der Waals surface area contributed by atoms with Gasteiger partial charge >= 0.3 is 0 Å². The number of aromatic nitrogens is 3. The fourth-order valence-corrected chi connectivity index (χ4v) is 9.20. The van der Waals surface area contributed by atoms with Gasteiger partial charge in [0.15, 0.2) is 0 Å². The highest BCUT2D eigenvalue weighted by Gasteiger charge is 2.16. The standard InChI is InChI=1S/C58H37N3/c1-3-12-38(13-4-1)44-28-32-55-52(35-44)53-36-45(39-14-5-2-6-15-39)29-33-56(53)61(55)47-30-26-41(27-31-47)40-22-24-42(25-23-40)43-16-11-17-46(34-43)54-37-59-57-50-20-9-7-18-48(50)49-19-8-10-21-51(49)58(57)60-54/h1-37H. The Labute approximate surface area is 353 Å². The van der Waals surface area contributed by atoms with E-state index >= 15 is 0 Å². The molecule has 0 radical (unpaired) electrons. The zero-order valence-electron chi connectivity index (χ0n) is 33.2. The summed E-state index contributed by atoms with van der Waals surface area (Å²) < 4.78 is 2.40. The maximum atomic E-state index is 5.24. The Balaban J connectivity index is 0.872. The Kier molecular flexibility index (Phi) is 8.17. The zero-order chi connectivity index (χ0) is 40.3. The van der Waals surface area contributed by atoms with E-state index in [2.05, 4.69) is 223 Å². The average molecular weight is 776 g/mol. The van der Waals surface area contributed by atoms with E-state index in [0.29, 0.717) is 0 Å². The van der Waals surface area contributed by atoms with Crippen molar-refractivity contribution in [1.82, 2.24) is 14.5 Å². The summed E-state index contributed by atoms with van der Waals surface area (Å²) in [5.74, 6) is 0. The smallest absolute Gasteiger partial charge is 0.0979 e. The van der Waals surface area contributed by atoms with Crippen LogP contribution in [-0.2, 0) is 0 Å². The number of nitrogens with zero attached hydrogens (tertiary/aromatic N) is 3. The first-order valence-corrected chi connectivity index (χ1v) is 20.8. The molecule has 10 aromatic carbocycles. The Morgan fingerprint density at radius 2 is 0.689 bits per heavy atom. The molecule has 0 unspecified atom stereocenters. The fourth-order valence-electron chi connectivity index (χ4n) is 9.20. The van der Waals surface area contributed by atoms with Crippen molar-refractivity contribution < 1.29 is 0 Å². The zero-order valence-corrected chi connectivity index (χ0v) is 33.2. The third-order valence-corrected chi connectivity index (χ3v) is 12.2. The summed E-state index contributed by atoms with van der Waals surface area (Å²) in [5, 5.41) is 7.13. The van der Waals surface area contributed by atoms with Crippen LogP contribution in [-0.4, -0.2) is 14.5 Å². The van der Waals surface area contributed by atoms with Gasteiger partial charge in [-0.2, -0.15) is 0 Å². The van der Waals surface area contributed by atoms with E-state index in [4.69, 9.17) is 9.97 Å². The summed E-state index contributed by atoms with van der Waals surface area (Å²) in [7, 11) is 0. The minimum Gasteiger partial charge on any atom is -0.309 e. The second-order valence-corrected chi connectivity index (χ2v) is 15.8. The molecule has 0 atom stereocenters. The molecule has 0 aliphatic carbocycles. The van der Waals surface area contributed by atoms with Gasteiger partial charge in [0.05, 0.1) is 34.0 Å². The second kappa shape index (κ2) is 14.3. The molecular formula is C58H37N3. The molecule has 284 valence electrons. The second-order valence-electron chi connectivity index (χ2n) is 15.8. The van der Waals surface area contributed by atoms with Gasteiger partial charge in [-0.05, 0) is 97.7 Å². The lowest BCUT2D eigenvalue weighted by Crippen LogP contribution is -1.94. The third kappa shape index (κ3) is 5.98. The first kappa shape index (κ1) is 34.9. The molecule has 0 fully saturated rings.